The van der Waals surface area contributed by atoms with E-state index >= 15 is 0 Å². The van der Waals surface area contributed by atoms with E-state index in [1.54, 1.807) is 18.2 Å². The largest absolute Gasteiger partial charge is 0.351 e. The van der Waals surface area contributed by atoms with E-state index in [9.17, 15) is 13.2 Å². The summed E-state index contributed by atoms with van der Waals surface area (Å²) in [5, 5.41) is 3.13. The fourth-order valence-corrected chi connectivity index (χ4v) is 4.75. The summed E-state index contributed by atoms with van der Waals surface area (Å²) < 4.78 is 27.4. The van der Waals surface area contributed by atoms with Crippen LogP contribution >= 0.6 is 11.8 Å². The number of amides is 1. The van der Waals surface area contributed by atoms with E-state index in [0.29, 0.717) is 29.3 Å². The average Bonchev–Trinajstić information content (AvgIpc) is 3.14. The molecule has 1 unspecified atom stereocenters. The summed E-state index contributed by atoms with van der Waals surface area (Å²) in [5.41, 5.74) is 2.31. The molecule has 3 aromatic rings. The number of rotatable bonds is 10. The van der Waals surface area contributed by atoms with Gasteiger partial charge in [-0.15, -0.1) is 0 Å². The lowest BCUT2D eigenvalue weighted by Crippen LogP contribution is -2.30. The smallest absolute Gasteiger partial charge is 0.240 e. The lowest BCUT2D eigenvalue weighted by molar-refractivity contribution is -0.120. The Hall–Kier alpha value is -2.36. The monoisotopic (exact) mass is 446 g/mol. The minimum atomic E-state index is -3.55. The summed E-state index contributed by atoms with van der Waals surface area (Å²) in [6, 6.07) is 14.5. The van der Waals surface area contributed by atoms with Crippen LogP contribution in [0.5, 0.6) is 0 Å². The van der Waals surface area contributed by atoms with E-state index in [4.69, 9.17) is 0 Å². The number of sulfonamides is 1. The number of carbonyl (C=O) groups excluding carboxylic acids is 1. The van der Waals surface area contributed by atoms with Gasteiger partial charge in [0.05, 0.1) is 21.2 Å². The van der Waals surface area contributed by atoms with Crippen molar-refractivity contribution in [2.45, 2.75) is 48.5 Å². The fraction of sp³-hybridized carbons (Fsp3) is 0.333. The van der Waals surface area contributed by atoms with Crippen LogP contribution in [-0.2, 0) is 21.4 Å². The van der Waals surface area contributed by atoms with Gasteiger partial charge in [-0.05, 0) is 37.1 Å². The number of nitrogens with one attached hydrogen (secondary N) is 3. The third-order valence-electron chi connectivity index (χ3n) is 4.53. The van der Waals surface area contributed by atoms with E-state index < -0.39 is 10.0 Å². The van der Waals surface area contributed by atoms with Gasteiger partial charge in [-0.1, -0.05) is 55.4 Å². The second-order valence-corrected chi connectivity index (χ2v) is 10.0. The van der Waals surface area contributed by atoms with Crippen LogP contribution in [0.4, 0.5) is 0 Å². The number of imidazole rings is 1. The highest BCUT2D eigenvalue weighted by molar-refractivity contribution is 8.00. The van der Waals surface area contributed by atoms with Gasteiger partial charge in [0.1, 0.15) is 0 Å². The molecular formula is C21H26N4O3S2. The van der Waals surface area contributed by atoms with Gasteiger partial charge in [0.25, 0.3) is 0 Å². The van der Waals surface area contributed by atoms with Crippen molar-refractivity contribution in [2.75, 3.05) is 6.54 Å². The minimum Gasteiger partial charge on any atom is -0.351 e. The number of thioether (sulfide) groups is 1. The first-order chi connectivity index (χ1) is 14.4. The van der Waals surface area contributed by atoms with Crippen LogP contribution in [0.25, 0.3) is 11.0 Å². The predicted molar refractivity (Wildman–Crippen MR) is 120 cm³/mol. The molecular weight excluding hydrogens is 420 g/mol. The molecule has 9 heteroatoms. The zero-order valence-electron chi connectivity index (χ0n) is 17.0. The molecule has 7 nitrogen and oxygen atoms in total. The van der Waals surface area contributed by atoms with Crippen LogP contribution in [0.3, 0.4) is 0 Å². The standard InChI is InChI=1S/C21H26N4O3S2/c1-3-4-12-23-30(27,28)17-10-11-18-19(13-17)25-21(24-18)29-15(2)20(26)22-14-16-8-6-5-7-9-16/h5-11,13,15,23H,3-4,12,14H2,1-2H3,(H,22,26)(H,24,25). The Morgan fingerprint density at radius 1 is 1.20 bits per heavy atom. The van der Waals surface area contributed by atoms with Crippen molar-refractivity contribution >= 4 is 38.7 Å². The fourth-order valence-electron chi connectivity index (χ4n) is 2.80. The molecule has 0 saturated heterocycles. The van der Waals surface area contributed by atoms with Crippen LogP contribution in [-0.4, -0.2) is 36.1 Å². The molecule has 0 aliphatic carbocycles. The molecule has 0 radical (unpaired) electrons. The van der Waals surface area contributed by atoms with Gasteiger partial charge >= 0.3 is 0 Å². The number of aromatic amines is 1. The first kappa shape index (κ1) is 22.3. The molecule has 1 atom stereocenters. The topological polar surface area (TPSA) is 104 Å². The van der Waals surface area contributed by atoms with E-state index in [1.165, 1.54) is 11.8 Å². The molecule has 0 aliphatic rings. The summed E-state index contributed by atoms with van der Waals surface area (Å²) in [5.74, 6) is -0.0901. The molecule has 0 spiro atoms. The number of unbranched alkanes of at least 4 members (excludes halogenated alkanes) is 1. The molecule has 1 aromatic heterocycles. The molecule has 0 saturated carbocycles. The molecule has 1 amide bonds. The van der Waals surface area contributed by atoms with E-state index in [0.717, 1.165) is 18.4 Å². The van der Waals surface area contributed by atoms with Crippen LogP contribution in [0.15, 0.2) is 58.6 Å². The van der Waals surface area contributed by atoms with Gasteiger partial charge in [-0.2, -0.15) is 0 Å². The summed E-state index contributed by atoms with van der Waals surface area (Å²) in [4.78, 5) is 20.2. The number of fused-ring (bicyclic) bond motifs is 1. The number of hydrogen-bond acceptors (Lipinski definition) is 5. The maximum atomic E-state index is 12.4. The molecule has 0 fully saturated rings. The second kappa shape index (κ2) is 10.1. The summed E-state index contributed by atoms with van der Waals surface area (Å²) in [7, 11) is -3.55. The summed E-state index contributed by atoms with van der Waals surface area (Å²) >= 11 is 1.30. The molecule has 0 bridgehead atoms. The minimum absolute atomic E-state index is 0.0901. The highest BCUT2D eigenvalue weighted by Gasteiger charge is 2.18. The first-order valence-corrected chi connectivity index (χ1v) is 12.2. The Morgan fingerprint density at radius 2 is 1.97 bits per heavy atom. The third kappa shape index (κ3) is 5.84. The van der Waals surface area contributed by atoms with Crippen molar-refractivity contribution in [1.82, 2.24) is 20.0 Å². The van der Waals surface area contributed by atoms with Crippen molar-refractivity contribution in [3.8, 4) is 0 Å². The van der Waals surface area contributed by atoms with Gasteiger partial charge in [-0.25, -0.2) is 18.1 Å². The molecule has 1 heterocycles. The Morgan fingerprint density at radius 3 is 2.70 bits per heavy atom. The molecule has 160 valence electrons. The average molecular weight is 447 g/mol. The third-order valence-corrected chi connectivity index (χ3v) is 6.97. The molecule has 30 heavy (non-hydrogen) atoms. The second-order valence-electron chi connectivity index (χ2n) is 6.94. The van der Waals surface area contributed by atoms with Crippen molar-refractivity contribution in [2.24, 2.45) is 0 Å². The van der Waals surface area contributed by atoms with Gasteiger partial charge in [0, 0.05) is 13.1 Å². The Bertz CT molecular complexity index is 1100. The van der Waals surface area contributed by atoms with Crippen molar-refractivity contribution in [1.29, 1.82) is 0 Å². The zero-order chi connectivity index (χ0) is 21.6. The van der Waals surface area contributed by atoms with Gasteiger partial charge in [0.15, 0.2) is 5.16 Å². The van der Waals surface area contributed by atoms with E-state index in [1.807, 2.05) is 44.2 Å². The SMILES string of the molecule is CCCCNS(=O)(=O)c1ccc2nc(SC(C)C(=O)NCc3ccccc3)[nH]c2c1. The molecule has 3 N–H and O–H groups in total. The van der Waals surface area contributed by atoms with Crippen LogP contribution in [0.2, 0.25) is 0 Å². The number of aromatic nitrogens is 2. The van der Waals surface area contributed by atoms with Crippen LogP contribution in [0.1, 0.15) is 32.3 Å². The number of benzene rings is 2. The Labute approximate surface area is 181 Å². The molecule has 0 aliphatic heterocycles. The Balaban J connectivity index is 1.64. The highest BCUT2D eigenvalue weighted by Crippen LogP contribution is 2.25. The van der Waals surface area contributed by atoms with E-state index in [-0.39, 0.29) is 16.1 Å². The van der Waals surface area contributed by atoms with Crippen molar-refractivity contribution in [3.63, 3.8) is 0 Å². The lowest BCUT2D eigenvalue weighted by Gasteiger charge is -2.10. The van der Waals surface area contributed by atoms with Gasteiger partial charge in [-0.3, -0.25) is 4.79 Å². The summed E-state index contributed by atoms with van der Waals surface area (Å²) in [6.07, 6.45) is 1.70. The zero-order valence-corrected chi connectivity index (χ0v) is 18.6. The first-order valence-electron chi connectivity index (χ1n) is 9.87. The summed E-state index contributed by atoms with van der Waals surface area (Å²) in [6.45, 7) is 4.70. The number of nitrogens with zero attached hydrogens (tertiary/aromatic N) is 1. The number of carbonyl (C=O) groups is 1. The maximum Gasteiger partial charge on any atom is 0.240 e. The number of hydrogen-bond donors (Lipinski definition) is 3. The van der Waals surface area contributed by atoms with Gasteiger partial charge in [0.2, 0.25) is 15.9 Å². The van der Waals surface area contributed by atoms with Gasteiger partial charge < -0.3 is 10.3 Å². The lowest BCUT2D eigenvalue weighted by atomic mass is 10.2. The van der Waals surface area contributed by atoms with Crippen LogP contribution in [0, 0.1) is 0 Å². The van der Waals surface area contributed by atoms with Crippen molar-refractivity contribution in [3.05, 3.63) is 54.1 Å². The predicted octanol–water partition coefficient (Wildman–Crippen LogP) is 3.44. The molecule has 3 rings (SSSR count). The number of H-pyrrole nitrogens is 1. The van der Waals surface area contributed by atoms with E-state index in [2.05, 4.69) is 20.0 Å². The quantitative estimate of drug-likeness (QED) is 0.327. The normalized spacial score (nSPS) is 12.7. The highest BCUT2D eigenvalue weighted by atomic mass is 32.2. The molecule has 2 aromatic carbocycles. The van der Waals surface area contributed by atoms with Crippen molar-refractivity contribution < 1.29 is 13.2 Å². The maximum absolute atomic E-state index is 12.4. The van der Waals surface area contributed by atoms with Crippen LogP contribution < -0.4 is 10.0 Å². The Kier molecular flexibility index (Phi) is 7.52.